The van der Waals surface area contributed by atoms with Crippen molar-refractivity contribution in [2.75, 3.05) is 5.32 Å². The summed E-state index contributed by atoms with van der Waals surface area (Å²) in [6, 6.07) is 7.38. The van der Waals surface area contributed by atoms with E-state index in [-0.39, 0.29) is 0 Å². The Kier molecular flexibility index (Phi) is 5.80. The van der Waals surface area contributed by atoms with E-state index in [9.17, 15) is 4.79 Å². The van der Waals surface area contributed by atoms with E-state index in [2.05, 4.69) is 35.2 Å². The fourth-order valence-electron chi connectivity index (χ4n) is 2.87. The van der Waals surface area contributed by atoms with Gasteiger partial charge in [0.25, 0.3) is 0 Å². The summed E-state index contributed by atoms with van der Waals surface area (Å²) in [5.41, 5.74) is 3.41. The average molecular weight is 427 g/mol. The molecule has 0 aliphatic heterocycles. The molecule has 0 saturated heterocycles. The summed E-state index contributed by atoms with van der Waals surface area (Å²) >= 11 is 0. The summed E-state index contributed by atoms with van der Waals surface area (Å²) in [6.07, 6.45) is 10.8. The number of hydrogen-bond donors (Lipinski definition) is 1. The number of nitrogens with zero attached hydrogens (tertiary/aromatic N) is 6. The number of carbonyl (C=O) groups excluding carboxylic acids is 1. The maximum Gasteiger partial charge on any atom is 0.412 e. The van der Waals surface area contributed by atoms with E-state index in [1.54, 1.807) is 64.0 Å². The van der Waals surface area contributed by atoms with Crippen molar-refractivity contribution in [2.45, 2.75) is 26.4 Å². The van der Waals surface area contributed by atoms with Gasteiger partial charge in [0, 0.05) is 42.1 Å². The van der Waals surface area contributed by atoms with Gasteiger partial charge in [-0.2, -0.15) is 0 Å². The SMILES string of the molecule is CC(C)(C)OC(=O)Nc1cncc(-c2cc(-c3cccnc3)nc(-c3cncnc3)n2)c1. The van der Waals surface area contributed by atoms with Gasteiger partial charge in [-0.15, -0.1) is 0 Å². The molecular weight excluding hydrogens is 406 g/mol. The van der Waals surface area contributed by atoms with E-state index in [1.165, 1.54) is 6.33 Å². The van der Waals surface area contributed by atoms with Gasteiger partial charge in [0.05, 0.1) is 28.8 Å². The first-order valence-corrected chi connectivity index (χ1v) is 9.88. The molecule has 0 fully saturated rings. The quantitative estimate of drug-likeness (QED) is 0.509. The van der Waals surface area contributed by atoms with Crippen LogP contribution < -0.4 is 5.32 Å². The molecule has 0 saturated carbocycles. The zero-order valence-electron chi connectivity index (χ0n) is 17.9. The van der Waals surface area contributed by atoms with Crippen LogP contribution in [0.15, 0.2) is 67.8 Å². The number of amides is 1. The van der Waals surface area contributed by atoms with Crippen molar-refractivity contribution < 1.29 is 9.53 Å². The van der Waals surface area contributed by atoms with Crippen molar-refractivity contribution in [3.63, 3.8) is 0 Å². The highest BCUT2D eigenvalue weighted by Gasteiger charge is 2.17. The third-order valence-electron chi connectivity index (χ3n) is 4.18. The van der Waals surface area contributed by atoms with E-state index in [0.29, 0.717) is 34.0 Å². The summed E-state index contributed by atoms with van der Waals surface area (Å²) in [5, 5.41) is 2.70. The number of anilines is 1. The minimum atomic E-state index is -0.604. The molecule has 32 heavy (non-hydrogen) atoms. The average Bonchev–Trinajstić information content (AvgIpc) is 2.79. The smallest absolute Gasteiger partial charge is 0.412 e. The van der Waals surface area contributed by atoms with Crippen molar-refractivity contribution in [1.82, 2.24) is 29.9 Å². The normalized spacial score (nSPS) is 11.1. The fourth-order valence-corrected chi connectivity index (χ4v) is 2.87. The molecule has 0 radical (unpaired) electrons. The third-order valence-corrected chi connectivity index (χ3v) is 4.18. The van der Waals surface area contributed by atoms with Gasteiger partial charge in [0.2, 0.25) is 0 Å². The van der Waals surface area contributed by atoms with Gasteiger partial charge in [-0.05, 0) is 45.0 Å². The molecule has 9 nitrogen and oxygen atoms in total. The van der Waals surface area contributed by atoms with Gasteiger partial charge in [-0.1, -0.05) is 0 Å². The van der Waals surface area contributed by atoms with Crippen molar-refractivity contribution in [1.29, 1.82) is 0 Å². The Morgan fingerprint density at radius 2 is 1.53 bits per heavy atom. The summed E-state index contributed by atoms with van der Waals surface area (Å²) < 4.78 is 5.32. The van der Waals surface area contributed by atoms with Crippen molar-refractivity contribution in [3.8, 4) is 33.9 Å². The number of carbonyl (C=O) groups is 1. The van der Waals surface area contributed by atoms with Crippen LogP contribution in [0.25, 0.3) is 33.9 Å². The first-order chi connectivity index (χ1) is 15.4. The molecule has 0 aliphatic carbocycles. The molecule has 0 unspecified atom stereocenters. The number of pyridine rings is 2. The fraction of sp³-hybridized carbons (Fsp3) is 0.174. The van der Waals surface area contributed by atoms with E-state index in [0.717, 1.165) is 5.56 Å². The lowest BCUT2D eigenvalue weighted by atomic mass is 10.1. The Balaban J connectivity index is 1.74. The molecule has 4 aromatic heterocycles. The van der Waals surface area contributed by atoms with Crippen molar-refractivity contribution >= 4 is 11.8 Å². The Morgan fingerprint density at radius 1 is 0.844 bits per heavy atom. The van der Waals surface area contributed by atoms with Crippen LogP contribution in [0.1, 0.15) is 20.8 Å². The van der Waals surface area contributed by atoms with Gasteiger partial charge in [-0.3, -0.25) is 15.3 Å². The van der Waals surface area contributed by atoms with Gasteiger partial charge in [0.1, 0.15) is 11.9 Å². The zero-order chi connectivity index (χ0) is 22.6. The van der Waals surface area contributed by atoms with E-state index in [4.69, 9.17) is 4.74 Å². The zero-order valence-corrected chi connectivity index (χ0v) is 17.9. The van der Waals surface area contributed by atoms with Crippen LogP contribution in [0.5, 0.6) is 0 Å². The van der Waals surface area contributed by atoms with Crippen LogP contribution in [0.2, 0.25) is 0 Å². The second-order valence-corrected chi connectivity index (χ2v) is 7.92. The molecule has 9 heteroatoms. The lowest BCUT2D eigenvalue weighted by Crippen LogP contribution is -2.27. The lowest BCUT2D eigenvalue weighted by Gasteiger charge is -2.19. The minimum absolute atomic E-state index is 0.465. The molecule has 0 aromatic carbocycles. The van der Waals surface area contributed by atoms with Crippen LogP contribution in [0, 0.1) is 0 Å². The van der Waals surface area contributed by atoms with Crippen LogP contribution in [-0.2, 0) is 4.74 Å². The topological polar surface area (TPSA) is 116 Å². The molecule has 1 amide bonds. The largest absolute Gasteiger partial charge is 0.444 e. The molecule has 4 heterocycles. The highest BCUT2D eigenvalue weighted by molar-refractivity contribution is 5.85. The predicted molar refractivity (Wildman–Crippen MR) is 119 cm³/mol. The number of ether oxygens (including phenoxy) is 1. The van der Waals surface area contributed by atoms with Gasteiger partial charge in [-0.25, -0.2) is 24.7 Å². The first kappa shape index (κ1) is 21.0. The molecular formula is C23H21N7O2. The molecule has 4 aromatic rings. The Hall–Kier alpha value is -4.27. The molecule has 0 bridgehead atoms. The second-order valence-electron chi connectivity index (χ2n) is 7.92. The van der Waals surface area contributed by atoms with Crippen LogP contribution in [0.3, 0.4) is 0 Å². The monoisotopic (exact) mass is 427 g/mol. The van der Waals surface area contributed by atoms with Crippen molar-refractivity contribution in [2.24, 2.45) is 0 Å². The Bertz CT molecular complexity index is 1170. The molecule has 0 aliphatic rings. The van der Waals surface area contributed by atoms with Crippen LogP contribution >= 0.6 is 0 Å². The maximum absolute atomic E-state index is 12.1. The predicted octanol–water partition coefficient (Wildman–Crippen LogP) is 4.40. The summed E-state index contributed by atoms with van der Waals surface area (Å²) in [5.74, 6) is 0.465. The van der Waals surface area contributed by atoms with Gasteiger partial charge >= 0.3 is 6.09 Å². The Labute approximate surface area is 185 Å². The molecule has 0 atom stereocenters. The summed E-state index contributed by atoms with van der Waals surface area (Å²) in [7, 11) is 0. The van der Waals surface area contributed by atoms with Crippen LogP contribution in [0.4, 0.5) is 10.5 Å². The standard InChI is InChI=1S/C23H21N7O2/c1-23(2,3)32-22(31)28-18-7-16(10-25-13-18)20-8-19(15-5-4-6-24-9-15)29-21(30-20)17-11-26-14-27-12-17/h4-14H,1-3H3,(H,28,31). The van der Waals surface area contributed by atoms with Gasteiger partial charge in [0.15, 0.2) is 5.82 Å². The lowest BCUT2D eigenvalue weighted by molar-refractivity contribution is 0.0636. The van der Waals surface area contributed by atoms with Crippen LogP contribution in [-0.4, -0.2) is 41.6 Å². The number of rotatable bonds is 4. The first-order valence-electron chi connectivity index (χ1n) is 9.88. The van der Waals surface area contributed by atoms with E-state index >= 15 is 0 Å². The second kappa shape index (κ2) is 8.84. The highest BCUT2D eigenvalue weighted by atomic mass is 16.6. The van der Waals surface area contributed by atoms with E-state index in [1.807, 2.05) is 18.2 Å². The maximum atomic E-state index is 12.1. The molecule has 160 valence electrons. The van der Waals surface area contributed by atoms with Crippen molar-refractivity contribution in [3.05, 3.63) is 67.8 Å². The molecule has 4 rings (SSSR count). The number of hydrogen-bond acceptors (Lipinski definition) is 8. The Morgan fingerprint density at radius 3 is 2.22 bits per heavy atom. The summed E-state index contributed by atoms with van der Waals surface area (Å²) in [6.45, 7) is 5.41. The highest BCUT2D eigenvalue weighted by Crippen LogP contribution is 2.27. The third kappa shape index (κ3) is 5.25. The number of nitrogens with one attached hydrogen (secondary N) is 1. The van der Waals surface area contributed by atoms with E-state index < -0.39 is 11.7 Å². The molecule has 0 spiro atoms. The number of aromatic nitrogens is 6. The summed E-state index contributed by atoms with van der Waals surface area (Å²) in [4.78, 5) is 38.1. The minimum Gasteiger partial charge on any atom is -0.444 e. The molecule has 1 N–H and O–H groups in total. The van der Waals surface area contributed by atoms with Gasteiger partial charge < -0.3 is 4.74 Å².